The van der Waals surface area contributed by atoms with Crippen molar-refractivity contribution in [3.63, 3.8) is 0 Å². The number of carbonyl (C=O) groups excluding carboxylic acids is 4. The maximum Gasteiger partial charge on any atom is 0.150 e. The van der Waals surface area contributed by atoms with Crippen molar-refractivity contribution in [2.45, 2.75) is 25.4 Å². The van der Waals surface area contributed by atoms with Gasteiger partial charge in [-0.15, -0.1) is 0 Å². The van der Waals surface area contributed by atoms with E-state index < -0.39 is 17.8 Å². The molecular weight excluding hydrogens is 188 g/mol. The molecule has 1 atom stereocenters. The SMILES string of the molecule is O=CC(O)CCCC(=O)C(C=O)C=O. The van der Waals surface area contributed by atoms with E-state index in [1.165, 1.54) is 0 Å². The lowest BCUT2D eigenvalue weighted by atomic mass is 10.0. The van der Waals surface area contributed by atoms with Crippen LogP contribution in [0, 0.1) is 5.92 Å². The number of ketones is 1. The highest BCUT2D eigenvalue weighted by atomic mass is 16.3. The number of rotatable bonds is 8. The second-order valence-corrected chi connectivity index (χ2v) is 2.86. The maximum atomic E-state index is 11.0. The van der Waals surface area contributed by atoms with Crippen molar-refractivity contribution >= 4 is 24.6 Å². The molecule has 0 aliphatic carbocycles. The predicted molar refractivity (Wildman–Crippen MR) is 46.5 cm³/mol. The first-order valence-corrected chi connectivity index (χ1v) is 4.22. The maximum absolute atomic E-state index is 11.0. The Balaban J connectivity index is 3.78. The molecule has 78 valence electrons. The van der Waals surface area contributed by atoms with Crippen LogP contribution in [-0.4, -0.2) is 35.9 Å². The van der Waals surface area contributed by atoms with Gasteiger partial charge in [-0.05, 0) is 12.8 Å². The van der Waals surface area contributed by atoms with Crippen LogP contribution in [0.3, 0.4) is 0 Å². The minimum absolute atomic E-state index is 0.0209. The molecule has 0 amide bonds. The summed E-state index contributed by atoms with van der Waals surface area (Å²) in [5.41, 5.74) is 0. The van der Waals surface area contributed by atoms with Crippen LogP contribution < -0.4 is 0 Å². The Hall–Kier alpha value is -1.36. The number of aliphatic hydroxyl groups is 1. The quantitative estimate of drug-likeness (QED) is 0.413. The molecule has 1 unspecified atom stereocenters. The zero-order valence-corrected chi connectivity index (χ0v) is 7.59. The zero-order chi connectivity index (χ0) is 11.0. The van der Waals surface area contributed by atoms with Crippen molar-refractivity contribution in [2.75, 3.05) is 0 Å². The van der Waals surface area contributed by atoms with Crippen molar-refractivity contribution in [1.29, 1.82) is 0 Å². The lowest BCUT2D eigenvalue weighted by molar-refractivity contribution is -0.131. The molecule has 0 bridgehead atoms. The summed E-state index contributed by atoms with van der Waals surface area (Å²) in [6.45, 7) is 0. The standard InChI is InChI=1S/C9H12O5/c10-4-7(5-11)9(14)3-1-2-8(13)6-12/h4-8,13H,1-3H2. The van der Waals surface area contributed by atoms with Crippen molar-refractivity contribution in [2.24, 2.45) is 5.92 Å². The Bertz CT molecular complexity index is 215. The van der Waals surface area contributed by atoms with E-state index in [1.807, 2.05) is 0 Å². The van der Waals surface area contributed by atoms with Crippen molar-refractivity contribution < 1.29 is 24.3 Å². The smallest absolute Gasteiger partial charge is 0.150 e. The summed E-state index contributed by atoms with van der Waals surface area (Å²) >= 11 is 0. The number of hydrogen-bond donors (Lipinski definition) is 1. The lowest BCUT2D eigenvalue weighted by Gasteiger charge is -2.03. The molecule has 0 aromatic carbocycles. The summed E-state index contributed by atoms with van der Waals surface area (Å²) in [4.78, 5) is 41.4. The Morgan fingerprint density at radius 1 is 1.14 bits per heavy atom. The van der Waals surface area contributed by atoms with Crippen LogP contribution in [0.2, 0.25) is 0 Å². The molecule has 0 aliphatic rings. The molecule has 0 fully saturated rings. The van der Waals surface area contributed by atoms with Crippen LogP contribution in [0.5, 0.6) is 0 Å². The Labute approximate surface area is 81.1 Å². The summed E-state index contributed by atoms with van der Waals surface area (Å²) in [5.74, 6) is -1.68. The van der Waals surface area contributed by atoms with Crippen LogP contribution in [0.15, 0.2) is 0 Å². The number of aldehydes is 3. The average Bonchev–Trinajstić information content (AvgIpc) is 2.19. The minimum atomic E-state index is -1.21. The van der Waals surface area contributed by atoms with Gasteiger partial charge < -0.3 is 19.5 Å². The molecule has 0 aromatic heterocycles. The third kappa shape index (κ3) is 4.61. The third-order valence-electron chi connectivity index (χ3n) is 1.75. The Morgan fingerprint density at radius 3 is 2.14 bits per heavy atom. The molecule has 0 aliphatic heterocycles. The second kappa shape index (κ2) is 7.08. The molecular formula is C9H12O5. The van der Waals surface area contributed by atoms with E-state index in [-0.39, 0.29) is 31.8 Å². The molecule has 0 rings (SSSR count). The van der Waals surface area contributed by atoms with Crippen molar-refractivity contribution in [1.82, 2.24) is 0 Å². The first-order valence-electron chi connectivity index (χ1n) is 4.22. The normalized spacial score (nSPS) is 12.1. The second-order valence-electron chi connectivity index (χ2n) is 2.86. The fourth-order valence-electron chi connectivity index (χ4n) is 0.904. The lowest BCUT2D eigenvalue weighted by Crippen LogP contribution is -2.18. The summed E-state index contributed by atoms with van der Waals surface area (Å²) in [5, 5.41) is 8.81. The highest BCUT2D eigenvalue weighted by Crippen LogP contribution is 2.03. The molecule has 0 aromatic rings. The fourth-order valence-corrected chi connectivity index (χ4v) is 0.904. The first kappa shape index (κ1) is 12.6. The summed E-state index contributed by atoms with van der Waals surface area (Å²) in [7, 11) is 0. The predicted octanol–water partition coefficient (Wildman–Crippen LogP) is -0.700. The molecule has 5 nitrogen and oxygen atoms in total. The number of carbonyl (C=O) groups is 4. The highest BCUT2D eigenvalue weighted by Gasteiger charge is 2.16. The van der Waals surface area contributed by atoms with Crippen molar-refractivity contribution in [3.8, 4) is 0 Å². The molecule has 1 N–H and O–H groups in total. The molecule has 0 saturated heterocycles. The highest BCUT2D eigenvalue weighted by molar-refractivity contribution is 6.05. The van der Waals surface area contributed by atoms with Gasteiger partial charge in [-0.1, -0.05) is 0 Å². The van der Waals surface area contributed by atoms with E-state index in [1.54, 1.807) is 0 Å². The van der Waals surface area contributed by atoms with Gasteiger partial charge in [0.25, 0.3) is 0 Å². The first-order chi connectivity index (χ1) is 6.65. The van der Waals surface area contributed by atoms with Crippen LogP contribution in [0.25, 0.3) is 0 Å². The van der Waals surface area contributed by atoms with Crippen LogP contribution in [0.1, 0.15) is 19.3 Å². The van der Waals surface area contributed by atoms with Gasteiger partial charge in [-0.25, -0.2) is 0 Å². The zero-order valence-electron chi connectivity index (χ0n) is 7.59. The monoisotopic (exact) mass is 200 g/mol. The van der Waals surface area contributed by atoms with Crippen molar-refractivity contribution in [3.05, 3.63) is 0 Å². The fraction of sp³-hybridized carbons (Fsp3) is 0.556. The molecule has 14 heavy (non-hydrogen) atoms. The van der Waals surface area contributed by atoms with E-state index in [0.29, 0.717) is 6.29 Å². The number of hydrogen-bond acceptors (Lipinski definition) is 5. The Morgan fingerprint density at radius 2 is 1.71 bits per heavy atom. The topological polar surface area (TPSA) is 88.5 Å². The third-order valence-corrected chi connectivity index (χ3v) is 1.75. The van der Waals surface area contributed by atoms with E-state index in [9.17, 15) is 19.2 Å². The van der Waals surface area contributed by atoms with Gasteiger partial charge in [-0.3, -0.25) is 4.79 Å². The van der Waals surface area contributed by atoms with Gasteiger partial charge in [0.1, 0.15) is 36.7 Å². The van der Waals surface area contributed by atoms with Gasteiger partial charge >= 0.3 is 0 Å². The average molecular weight is 200 g/mol. The molecule has 0 saturated carbocycles. The van der Waals surface area contributed by atoms with Crippen LogP contribution in [0.4, 0.5) is 0 Å². The number of aliphatic hydroxyl groups excluding tert-OH is 1. The summed E-state index contributed by atoms with van der Waals surface area (Å²) in [6, 6.07) is 0. The number of Topliss-reactive ketones (excluding diaryl/α,β-unsaturated/α-hetero) is 1. The molecule has 0 heterocycles. The largest absolute Gasteiger partial charge is 0.386 e. The molecule has 0 spiro atoms. The molecule has 5 heteroatoms. The van der Waals surface area contributed by atoms with E-state index >= 15 is 0 Å². The summed E-state index contributed by atoms with van der Waals surface area (Å²) < 4.78 is 0. The minimum Gasteiger partial charge on any atom is -0.386 e. The summed E-state index contributed by atoms with van der Waals surface area (Å²) in [6.07, 6.45) is 0.343. The van der Waals surface area contributed by atoms with Crippen LogP contribution in [-0.2, 0) is 19.2 Å². The van der Waals surface area contributed by atoms with Gasteiger partial charge in [-0.2, -0.15) is 0 Å². The van der Waals surface area contributed by atoms with Gasteiger partial charge in [0.2, 0.25) is 0 Å². The van der Waals surface area contributed by atoms with E-state index in [4.69, 9.17) is 5.11 Å². The van der Waals surface area contributed by atoms with Crippen LogP contribution >= 0.6 is 0 Å². The Kier molecular flexibility index (Phi) is 6.39. The van der Waals surface area contributed by atoms with Gasteiger partial charge in [0, 0.05) is 6.42 Å². The van der Waals surface area contributed by atoms with Gasteiger partial charge in [0.05, 0.1) is 0 Å². The molecule has 0 radical (unpaired) electrons. The van der Waals surface area contributed by atoms with E-state index in [2.05, 4.69) is 0 Å². The van der Waals surface area contributed by atoms with Gasteiger partial charge in [0.15, 0.2) is 0 Å². The van der Waals surface area contributed by atoms with E-state index in [0.717, 1.165) is 0 Å².